The summed E-state index contributed by atoms with van der Waals surface area (Å²) in [6.07, 6.45) is 1.92. The average molecular weight is 302 g/mol. The Morgan fingerprint density at radius 1 is 1.19 bits per heavy atom. The van der Waals surface area contributed by atoms with E-state index in [9.17, 15) is 0 Å². The van der Waals surface area contributed by atoms with Crippen LogP contribution < -0.4 is 0 Å². The van der Waals surface area contributed by atoms with Gasteiger partial charge in [-0.2, -0.15) is 0 Å². The van der Waals surface area contributed by atoms with Crippen molar-refractivity contribution in [2.24, 2.45) is 0 Å². The van der Waals surface area contributed by atoms with E-state index in [1.165, 1.54) is 5.56 Å². The smallest absolute Gasteiger partial charge is 0.130 e. The summed E-state index contributed by atoms with van der Waals surface area (Å²) >= 11 is 5.33. The fourth-order valence-electron chi connectivity index (χ4n) is 2.85. The molecule has 0 saturated carbocycles. The summed E-state index contributed by atoms with van der Waals surface area (Å²) in [4.78, 5) is 8.04. The van der Waals surface area contributed by atoms with Crippen molar-refractivity contribution >= 4 is 12.2 Å². The minimum atomic E-state index is -0.140. The Balaban J connectivity index is 2.60. The lowest BCUT2D eigenvalue weighted by Crippen LogP contribution is -2.29. The van der Waals surface area contributed by atoms with Crippen molar-refractivity contribution in [1.29, 1.82) is 0 Å². The largest absolute Gasteiger partial charge is 0.378 e. The molecule has 0 radical (unpaired) electrons. The number of nitrogens with zero attached hydrogens (tertiary/aromatic N) is 1. The minimum Gasteiger partial charge on any atom is -0.378 e. The first kappa shape index (κ1) is 15.9. The number of aromatic amines is 1. The van der Waals surface area contributed by atoms with E-state index in [1.807, 2.05) is 12.1 Å². The van der Waals surface area contributed by atoms with Gasteiger partial charge in [-0.15, -0.1) is 0 Å². The molecule has 0 aliphatic carbocycles. The Morgan fingerprint density at radius 3 is 2.43 bits per heavy atom. The van der Waals surface area contributed by atoms with Crippen LogP contribution in [0.15, 0.2) is 36.4 Å². The molecule has 0 amide bonds. The maximum atomic E-state index is 5.33. The van der Waals surface area contributed by atoms with E-state index in [0.717, 1.165) is 24.4 Å². The molecule has 4 heteroatoms. The lowest BCUT2D eigenvalue weighted by atomic mass is 9.75. The maximum Gasteiger partial charge on any atom is 0.130 e. The first-order valence-corrected chi connectivity index (χ1v) is 7.72. The summed E-state index contributed by atoms with van der Waals surface area (Å²) in [6.45, 7) is 4.90. The van der Waals surface area contributed by atoms with Crippen LogP contribution in [0.1, 0.15) is 43.8 Å². The van der Waals surface area contributed by atoms with Gasteiger partial charge in [0.05, 0.1) is 12.0 Å². The van der Waals surface area contributed by atoms with Crippen LogP contribution in [0.3, 0.4) is 0 Å². The first-order valence-electron chi connectivity index (χ1n) is 7.31. The fourth-order valence-corrected chi connectivity index (χ4v) is 3.09. The normalized spacial score (nSPS) is 11.6. The van der Waals surface area contributed by atoms with Gasteiger partial charge in [0.2, 0.25) is 0 Å². The molecule has 0 fully saturated rings. The van der Waals surface area contributed by atoms with Crippen LogP contribution >= 0.6 is 12.2 Å². The van der Waals surface area contributed by atoms with E-state index in [4.69, 9.17) is 17.0 Å². The van der Waals surface area contributed by atoms with Crippen LogP contribution in [0, 0.1) is 4.64 Å². The Bertz CT molecular complexity index is 633. The van der Waals surface area contributed by atoms with Gasteiger partial charge in [-0.1, -0.05) is 56.4 Å². The Hall–Kier alpha value is -1.52. The quantitative estimate of drug-likeness (QED) is 0.804. The molecule has 21 heavy (non-hydrogen) atoms. The molecule has 2 rings (SSSR count). The van der Waals surface area contributed by atoms with Gasteiger partial charge in [0.25, 0.3) is 0 Å². The highest BCUT2D eigenvalue weighted by Crippen LogP contribution is 2.36. The zero-order valence-electron chi connectivity index (χ0n) is 12.8. The summed E-state index contributed by atoms with van der Waals surface area (Å²) in [6, 6.07) is 12.4. The van der Waals surface area contributed by atoms with Gasteiger partial charge < -0.3 is 9.72 Å². The number of nitrogens with one attached hydrogen (secondary N) is 1. The molecule has 0 saturated heterocycles. The third kappa shape index (κ3) is 3.22. The molecule has 0 aliphatic heterocycles. The molecule has 1 aromatic heterocycles. The van der Waals surface area contributed by atoms with Gasteiger partial charge >= 0.3 is 0 Å². The van der Waals surface area contributed by atoms with Crippen molar-refractivity contribution in [3.8, 4) is 0 Å². The second-order valence-corrected chi connectivity index (χ2v) is 5.60. The van der Waals surface area contributed by atoms with Gasteiger partial charge in [0, 0.05) is 12.8 Å². The zero-order valence-corrected chi connectivity index (χ0v) is 13.7. The summed E-state index contributed by atoms with van der Waals surface area (Å²) in [5.41, 5.74) is 2.09. The average Bonchev–Trinajstić information content (AvgIpc) is 2.50. The molecule has 112 valence electrons. The van der Waals surface area contributed by atoms with Crippen molar-refractivity contribution < 1.29 is 4.74 Å². The van der Waals surface area contributed by atoms with Gasteiger partial charge in [0.15, 0.2) is 0 Å². The summed E-state index contributed by atoms with van der Waals surface area (Å²) < 4.78 is 5.83. The predicted octanol–water partition coefficient (Wildman–Crippen LogP) is 4.39. The van der Waals surface area contributed by atoms with Crippen LogP contribution in [-0.4, -0.2) is 17.1 Å². The van der Waals surface area contributed by atoms with Crippen molar-refractivity contribution in [3.05, 3.63) is 58.1 Å². The number of rotatable bonds is 6. The molecule has 0 bridgehead atoms. The number of hydrogen-bond acceptors (Lipinski definition) is 3. The van der Waals surface area contributed by atoms with Gasteiger partial charge in [0.1, 0.15) is 10.5 Å². The molecule has 1 aromatic carbocycles. The molecular weight excluding hydrogens is 280 g/mol. The monoisotopic (exact) mass is 302 g/mol. The second-order valence-electron chi connectivity index (χ2n) is 5.18. The highest BCUT2D eigenvalue weighted by Gasteiger charge is 2.33. The highest BCUT2D eigenvalue weighted by molar-refractivity contribution is 7.71. The number of methoxy groups -OCH3 is 1. The molecule has 3 nitrogen and oxygen atoms in total. The molecule has 0 aliphatic rings. The van der Waals surface area contributed by atoms with Gasteiger partial charge in [-0.3, -0.25) is 0 Å². The van der Waals surface area contributed by atoms with Crippen molar-refractivity contribution in [2.45, 2.75) is 38.7 Å². The van der Waals surface area contributed by atoms with Crippen LogP contribution in [0.25, 0.3) is 0 Å². The molecule has 2 aromatic rings. The lowest BCUT2D eigenvalue weighted by molar-refractivity contribution is 0.180. The maximum absolute atomic E-state index is 5.33. The van der Waals surface area contributed by atoms with E-state index in [1.54, 1.807) is 7.11 Å². The number of ether oxygens (including phenoxy) is 1. The topological polar surface area (TPSA) is 37.9 Å². The molecule has 1 N–H and O–H groups in total. The van der Waals surface area contributed by atoms with Crippen LogP contribution in [-0.2, 0) is 16.8 Å². The second kappa shape index (κ2) is 6.96. The summed E-state index contributed by atoms with van der Waals surface area (Å²) in [5.74, 6) is 0.929. The highest BCUT2D eigenvalue weighted by atomic mass is 32.1. The van der Waals surface area contributed by atoms with Crippen LogP contribution in [0.2, 0.25) is 0 Å². The summed E-state index contributed by atoms with van der Waals surface area (Å²) in [5, 5.41) is 0. The van der Waals surface area contributed by atoms with Gasteiger partial charge in [-0.25, -0.2) is 4.98 Å². The van der Waals surface area contributed by atoms with Crippen molar-refractivity contribution in [3.63, 3.8) is 0 Å². The number of aromatic nitrogens is 2. The molecule has 0 unspecified atom stereocenters. The number of benzene rings is 1. The lowest BCUT2D eigenvalue weighted by Gasteiger charge is -2.31. The third-order valence-corrected chi connectivity index (χ3v) is 4.29. The molecule has 0 spiro atoms. The van der Waals surface area contributed by atoms with Crippen molar-refractivity contribution in [1.82, 2.24) is 9.97 Å². The van der Waals surface area contributed by atoms with Crippen molar-refractivity contribution in [2.75, 3.05) is 7.11 Å². The van der Waals surface area contributed by atoms with Crippen LogP contribution in [0.5, 0.6) is 0 Å². The predicted molar refractivity (Wildman–Crippen MR) is 87.9 cm³/mol. The Kier molecular flexibility index (Phi) is 5.26. The SMILES string of the molecule is CCC(CC)(c1ccccc1)c1nc(=S)cc(COC)[nH]1. The Labute approximate surface area is 131 Å². The third-order valence-electron chi connectivity index (χ3n) is 4.09. The fraction of sp³-hybridized carbons (Fsp3) is 0.412. The van der Waals surface area contributed by atoms with E-state index in [0.29, 0.717) is 11.2 Å². The zero-order chi connectivity index (χ0) is 15.3. The number of hydrogen-bond donors (Lipinski definition) is 1. The van der Waals surface area contributed by atoms with E-state index in [-0.39, 0.29) is 5.41 Å². The molecule has 1 heterocycles. The Morgan fingerprint density at radius 2 is 1.86 bits per heavy atom. The van der Waals surface area contributed by atoms with E-state index in [2.05, 4.69) is 48.1 Å². The van der Waals surface area contributed by atoms with E-state index < -0.39 is 0 Å². The molecule has 0 atom stereocenters. The first-order chi connectivity index (χ1) is 10.2. The summed E-state index contributed by atoms with van der Waals surface area (Å²) in [7, 11) is 1.68. The molecular formula is C17H22N2OS. The standard InChI is InChI=1S/C17H22N2OS/c1-4-17(5-2,13-9-7-6-8-10-13)16-18-14(12-20-3)11-15(21)19-16/h6-11H,4-5,12H2,1-3H3,(H,18,19,21). The number of H-pyrrole nitrogens is 1. The van der Waals surface area contributed by atoms with E-state index >= 15 is 0 Å². The van der Waals surface area contributed by atoms with Crippen LogP contribution in [0.4, 0.5) is 0 Å². The van der Waals surface area contributed by atoms with Gasteiger partial charge in [-0.05, 0) is 24.5 Å². The minimum absolute atomic E-state index is 0.140.